The summed E-state index contributed by atoms with van der Waals surface area (Å²) in [4.78, 5) is 2.27. The van der Waals surface area contributed by atoms with Crippen molar-refractivity contribution in [1.29, 1.82) is 0 Å². The van der Waals surface area contributed by atoms with Crippen LogP contribution >= 0.6 is 0 Å². The quantitative estimate of drug-likeness (QED) is 0.765. The van der Waals surface area contributed by atoms with Gasteiger partial charge in [-0.15, -0.1) is 0 Å². The molecule has 0 aliphatic heterocycles. The standard InChI is InChI=1S/C15H15NSe/c17-13-16(11-14-7-3-1-4-8-14)12-15-9-5-2-6-10-15/h1-10,13H,11-12H2. The van der Waals surface area contributed by atoms with E-state index in [4.69, 9.17) is 0 Å². The van der Waals surface area contributed by atoms with Crippen molar-refractivity contribution < 1.29 is 0 Å². The Bertz CT molecular complexity index is 411. The van der Waals surface area contributed by atoms with E-state index in [-0.39, 0.29) is 0 Å². The molecule has 2 rings (SSSR count). The van der Waals surface area contributed by atoms with Gasteiger partial charge in [0, 0.05) is 0 Å². The molecule has 0 aliphatic rings. The van der Waals surface area contributed by atoms with Gasteiger partial charge in [0.05, 0.1) is 0 Å². The summed E-state index contributed by atoms with van der Waals surface area (Å²) < 4.78 is 0. The van der Waals surface area contributed by atoms with Crippen LogP contribution in [0.5, 0.6) is 0 Å². The Hall–Kier alpha value is -1.37. The van der Waals surface area contributed by atoms with Crippen LogP contribution in [-0.4, -0.2) is 25.5 Å². The van der Waals surface area contributed by atoms with E-state index in [0.717, 1.165) is 13.1 Å². The molecule has 0 fully saturated rings. The average molecular weight is 288 g/mol. The Labute approximate surface area is 110 Å². The molecule has 0 spiro atoms. The Morgan fingerprint density at radius 3 is 1.53 bits per heavy atom. The Kier molecular flexibility index (Phi) is 4.54. The van der Waals surface area contributed by atoms with Crippen molar-refractivity contribution in [3.8, 4) is 0 Å². The summed E-state index contributed by atoms with van der Waals surface area (Å²) in [6, 6.07) is 21.0. The topological polar surface area (TPSA) is 3.24 Å². The van der Waals surface area contributed by atoms with E-state index >= 15 is 0 Å². The van der Waals surface area contributed by atoms with Crippen molar-refractivity contribution in [2.75, 3.05) is 0 Å². The number of hydrogen-bond acceptors (Lipinski definition) is 1. The van der Waals surface area contributed by atoms with E-state index in [1.807, 2.05) is 17.2 Å². The molecule has 17 heavy (non-hydrogen) atoms. The second kappa shape index (κ2) is 6.39. The van der Waals surface area contributed by atoms with Crippen molar-refractivity contribution in [1.82, 2.24) is 4.90 Å². The van der Waals surface area contributed by atoms with E-state index in [0.29, 0.717) is 0 Å². The van der Waals surface area contributed by atoms with Crippen molar-refractivity contribution in [3.05, 3.63) is 71.8 Å². The van der Waals surface area contributed by atoms with Gasteiger partial charge < -0.3 is 0 Å². The van der Waals surface area contributed by atoms with E-state index in [1.54, 1.807) is 0 Å². The van der Waals surface area contributed by atoms with Gasteiger partial charge in [-0.05, 0) is 0 Å². The molecule has 0 heterocycles. The van der Waals surface area contributed by atoms with Crippen LogP contribution in [0.2, 0.25) is 0 Å². The molecule has 0 aliphatic carbocycles. The second-order valence-electron chi connectivity index (χ2n) is 3.98. The van der Waals surface area contributed by atoms with Crippen LogP contribution in [0.15, 0.2) is 60.7 Å². The summed E-state index contributed by atoms with van der Waals surface area (Å²) >= 11 is 2.98. The molecular formula is C15H15NSe. The van der Waals surface area contributed by atoms with Crippen LogP contribution in [0.25, 0.3) is 0 Å². The first kappa shape index (κ1) is 12.1. The van der Waals surface area contributed by atoms with Crippen LogP contribution in [-0.2, 0) is 13.1 Å². The second-order valence-corrected chi connectivity index (χ2v) is 4.42. The summed E-state index contributed by atoms with van der Waals surface area (Å²) in [6.45, 7) is 1.87. The van der Waals surface area contributed by atoms with Gasteiger partial charge >= 0.3 is 110 Å². The van der Waals surface area contributed by atoms with Crippen LogP contribution in [0, 0.1) is 0 Å². The molecule has 2 heteroatoms. The zero-order valence-electron chi connectivity index (χ0n) is 9.62. The first-order valence-corrected chi connectivity index (χ1v) is 6.64. The molecular weight excluding hydrogens is 273 g/mol. The molecule has 0 amide bonds. The minimum atomic E-state index is 0.933. The van der Waals surface area contributed by atoms with Crippen molar-refractivity contribution in [3.63, 3.8) is 0 Å². The third-order valence-electron chi connectivity index (χ3n) is 2.61. The molecule has 1 nitrogen and oxygen atoms in total. The van der Waals surface area contributed by atoms with E-state index in [2.05, 4.69) is 69.0 Å². The molecule has 86 valence electrons. The van der Waals surface area contributed by atoms with Gasteiger partial charge in [0.25, 0.3) is 0 Å². The molecule has 0 bridgehead atoms. The monoisotopic (exact) mass is 289 g/mol. The van der Waals surface area contributed by atoms with Gasteiger partial charge in [0.1, 0.15) is 0 Å². The van der Waals surface area contributed by atoms with Gasteiger partial charge in [0.15, 0.2) is 0 Å². The first-order valence-electron chi connectivity index (χ1n) is 5.65. The summed E-state index contributed by atoms with van der Waals surface area (Å²) in [7, 11) is 0. The fourth-order valence-electron chi connectivity index (χ4n) is 1.77. The summed E-state index contributed by atoms with van der Waals surface area (Å²) in [5.41, 5.74) is 2.66. The fourth-order valence-corrected chi connectivity index (χ4v) is 2.08. The molecule has 0 unspecified atom stereocenters. The SMILES string of the molecule is [Se]=CN(Cc1ccccc1)Cc1ccccc1. The van der Waals surface area contributed by atoms with Crippen LogP contribution in [0.1, 0.15) is 11.1 Å². The summed E-state index contributed by atoms with van der Waals surface area (Å²) in [6.07, 6.45) is 0. The maximum atomic E-state index is 2.98. The molecule has 0 saturated carbocycles. The van der Waals surface area contributed by atoms with Crippen molar-refractivity contribution in [2.24, 2.45) is 0 Å². The predicted molar refractivity (Wildman–Crippen MR) is 73.9 cm³/mol. The van der Waals surface area contributed by atoms with Crippen LogP contribution in [0.3, 0.4) is 0 Å². The normalized spacial score (nSPS) is 9.88. The molecule has 2 aromatic carbocycles. The number of benzene rings is 2. The van der Waals surface area contributed by atoms with Crippen molar-refractivity contribution in [2.45, 2.75) is 13.1 Å². The third-order valence-corrected chi connectivity index (χ3v) is 3.23. The average Bonchev–Trinajstić information content (AvgIpc) is 2.40. The number of rotatable bonds is 5. The van der Waals surface area contributed by atoms with Gasteiger partial charge in [-0.3, -0.25) is 0 Å². The van der Waals surface area contributed by atoms with Crippen LogP contribution in [0.4, 0.5) is 0 Å². The van der Waals surface area contributed by atoms with Crippen molar-refractivity contribution >= 4 is 20.6 Å². The maximum absolute atomic E-state index is 2.98. The van der Waals surface area contributed by atoms with Gasteiger partial charge in [-0.1, -0.05) is 0 Å². The molecule has 0 aromatic heterocycles. The zero-order valence-corrected chi connectivity index (χ0v) is 11.3. The number of nitrogens with zero attached hydrogens (tertiary/aromatic N) is 1. The number of hydrogen-bond donors (Lipinski definition) is 0. The molecule has 0 radical (unpaired) electrons. The predicted octanol–water partition coefficient (Wildman–Crippen LogP) is 2.62. The van der Waals surface area contributed by atoms with E-state index < -0.39 is 0 Å². The Balaban J connectivity index is 2.01. The molecule has 2 aromatic rings. The molecule has 0 N–H and O–H groups in total. The zero-order chi connectivity index (χ0) is 11.9. The third kappa shape index (κ3) is 3.85. The molecule has 0 atom stereocenters. The summed E-state index contributed by atoms with van der Waals surface area (Å²) in [5.74, 6) is 0. The first-order chi connectivity index (χ1) is 8.38. The fraction of sp³-hybridized carbons (Fsp3) is 0.133. The van der Waals surface area contributed by atoms with Gasteiger partial charge in [-0.2, -0.15) is 0 Å². The van der Waals surface area contributed by atoms with E-state index in [1.165, 1.54) is 11.1 Å². The Morgan fingerprint density at radius 2 is 1.18 bits per heavy atom. The summed E-state index contributed by atoms with van der Waals surface area (Å²) in [5, 5.41) is 2.03. The Morgan fingerprint density at radius 1 is 0.765 bits per heavy atom. The van der Waals surface area contributed by atoms with Crippen LogP contribution < -0.4 is 0 Å². The van der Waals surface area contributed by atoms with Gasteiger partial charge in [-0.25, -0.2) is 0 Å². The minimum absolute atomic E-state index is 0.933. The van der Waals surface area contributed by atoms with E-state index in [9.17, 15) is 0 Å². The molecule has 0 saturated heterocycles. The van der Waals surface area contributed by atoms with Gasteiger partial charge in [0.2, 0.25) is 0 Å².